The Morgan fingerprint density at radius 2 is 2.11 bits per heavy atom. The van der Waals surface area contributed by atoms with Crippen LogP contribution in [0, 0.1) is 17.2 Å². The van der Waals surface area contributed by atoms with Crippen molar-refractivity contribution in [3.63, 3.8) is 0 Å². The van der Waals surface area contributed by atoms with Gasteiger partial charge in [0, 0.05) is 13.1 Å². The molecular weight excluding hydrogens is 244 g/mol. The summed E-state index contributed by atoms with van der Waals surface area (Å²) in [6.07, 6.45) is 0. The fraction of sp³-hybridized carbons (Fsp3) is 0.429. The van der Waals surface area contributed by atoms with Crippen LogP contribution in [-0.4, -0.2) is 36.2 Å². The van der Waals surface area contributed by atoms with Crippen LogP contribution in [0.25, 0.3) is 0 Å². The molecule has 19 heavy (non-hydrogen) atoms. The second-order valence-corrected chi connectivity index (χ2v) is 4.42. The van der Waals surface area contributed by atoms with Crippen molar-refractivity contribution in [1.29, 1.82) is 5.26 Å². The molecule has 1 rings (SSSR count). The SMILES string of the molecule is COc1ccc(CN(CC#N)CC(C)C(=O)O)cc1. The number of carboxylic acids is 1. The van der Waals surface area contributed by atoms with Crippen LogP contribution in [0.3, 0.4) is 0 Å². The maximum absolute atomic E-state index is 10.8. The molecule has 0 spiro atoms. The third-order valence-corrected chi connectivity index (χ3v) is 2.81. The van der Waals surface area contributed by atoms with Crippen molar-refractivity contribution in [2.45, 2.75) is 13.5 Å². The molecule has 1 aromatic rings. The number of rotatable bonds is 7. The largest absolute Gasteiger partial charge is 0.497 e. The maximum atomic E-state index is 10.8. The van der Waals surface area contributed by atoms with Gasteiger partial charge in [-0.3, -0.25) is 9.69 Å². The summed E-state index contributed by atoms with van der Waals surface area (Å²) >= 11 is 0. The van der Waals surface area contributed by atoms with Gasteiger partial charge in [-0.15, -0.1) is 0 Å². The molecule has 0 aliphatic heterocycles. The van der Waals surface area contributed by atoms with Gasteiger partial charge in [-0.05, 0) is 17.7 Å². The van der Waals surface area contributed by atoms with E-state index in [-0.39, 0.29) is 6.54 Å². The molecule has 0 radical (unpaired) electrons. The molecule has 0 saturated heterocycles. The summed E-state index contributed by atoms with van der Waals surface area (Å²) in [5, 5.41) is 17.7. The summed E-state index contributed by atoms with van der Waals surface area (Å²) in [6.45, 7) is 2.76. The predicted octanol–water partition coefficient (Wildman–Crippen LogP) is 1.74. The van der Waals surface area contributed by atoms with Gasteiger partial charge < -0.3 is 9.84 Å². The van der Waals surface area contributed by atoms with E-state index in [2.05, 4.69) is 6.07 Å². The van der Waals surface area contributed by atoms with E-state index in [0.717, 1.165) is 11.3 Å². The number of hydrogen-bond donors (Lipinski definition) is 1. The van der Waals surface area contributed by atoms with Gasteiger partial charge in [0.1, 0.15) is 5.75 Å². The molecule has 0 saturated carbocycles. The van der Waals surface area contributed by atoms with Gasteiger partial charge >= 0.3 is 5.97 Å². The third-order valence-electron chi connectivity index (χ3n) is 2.81. The van der Waals surface area contributed by atoms with E-state index in [1.165, 1.54) is 0 Å². The summed E-state index contributed by atoms with van der Waals surface area (Å²) in [5.41, 5.74) is 1.02. The number of ether oxygens (including phenoxy) is 1. The topological polar surface area (TPSA) is 73.6 Å². The van der Waals surface area contributed by atoms with Crippen LogP contribution in [0.1, 0.15) is 12.5 Å². The normalized spacial score (nSPS) is 11.9. The maximum Gasteiger partial charge on any atom is 0.307 e. The number of nitriles is 1. The van der Waals surface area contributed by atoms with Gasteiger partial charge in [-0.25, -0.2) is 0 Å². The molecule has 1 unspecified atom stereocenters. The molecule has 0 fully saturated rings. The van der Waals surface area contributed by atoms with E-state index >= 15 is 0 Å². The van der Waals surface area contributed by atoms with Crippen LogP contribution in [0.4, 0.5) is 0 Å². The molecule has 1 N–H and O–H groups in total. The molecule has 5 nitrogen and oxygen atoms in total. The van der Waals surface area contributed by atoms with Crippen LogP contribution in [-0.2, 0) is 11.3 Å². The van der Waals surface area contributed by atoms with Crippen molar-refractivity contribution < 1.29 is 14.6 Å². The van der Waals surface area contributed by atoms with Crippen molar-refractivity contribution in [1.82, 2.24) is 4.90 Å². The molecule has 0 heterocycles. The Morgan fingerprint density at radius 1 is 1.47 bits per heavy atom. The second-order valence-electron chi connectivity index (χ2n) is 4.42. The van der Waals surface area contributed by atoms with Crippen LogP contribution in [0.2, 0.25) is 0 Å². The Hall–Kier alpha value is -2.06. The Labute approximate surface area is 113 Å². The van der Waals surface area contributed by atoms with Crippen LogP contribution in [0.15, 0.2) is 24.3 Å². The lowest BCUT2D eigenvalue weighted by Gasteiger charge is -2.21. The average Bonchev–Trinajstić information content (AvgIpc) is 2.39. The number of hydrogen-bond acceptors (Lipinski definition) is 4. The van der Waals surface area contributed by atoms with Crippen molar-refractivity contribution in [2.75, 3.05) is 20.2 Å². The predicted molar refractivity (Wildman–Crippen MR) is 70.7 cm³/mol. The Morgan fingerprint density at radius 3 is 2.58 bits per heavy atom. The van der Waals surface area contributed by atoms with Gasteiger partial charge in [-0.1, -0.05) is 19.1 Å². The van der Waals surface area contributed by atoms with E-state index in [9.17, 15) is 4.79 Å². The first kappa shape index (κ1) is 15.0. The highest BCUT2D eigenvalue weighted by atomic mass is 16.5. The van der Waals surface area contributed by atoms with E-state index < -0.39 is 11.9 Å². The molecule has 102 valence electrons. The van der Waals surface area contributed by atoms with Gasteiger partial charge in [0.15, 0.2) is 0 Å². The highest BCUT2D eigenvalue weighted by Gasteiger charge is 2.16. The molecular formula is C14H18N2O3. The zero-order chi connectivity index (χ0) is 14.3. The zero-order valence-corrected chi connectivity index (χ0v) is 11.2. The van der Waals surface area contributed by atoms with E-state index in [0.29, 0.717) is 13.1 Å². The number of methoxy groups -OCH3 is 1. The lowest BCUT2D eigenvalue weighted by atomic mass is 10.1. The third kappa shape index (κ3) is 4.98. The summed E-state index contributed by atoms with van der Waals surface area (Å²) in [4.78, 5) is 12.7. The first-order chi connectivity index (χ1) is 9.06. The minimum atomic E-state index is -0.849. The summed E-state index contributed by atoms with van der Waals surface area (Å²) in [7, 11) is 1.60. The molecule has 0 aromatic heterocycles. The second kappa shape index (κ2) is 7.39. The Kier molecular flexibility index (Phi) is 5.83. The van der Waals surface area contributed by atoms with Crippen LogP contribution < -0.4 is 4.74 Å². The molecule has 0 aliphatic carbocycles. The molecule has 5 heteroatoms. The van der Waals surface area contributed by atoms with E-state index in [1.807, 2.05) is 29.2 Å². The van der Waals surface area contributed by atoms with Gasteiger partial charge in [0.2, 0.25) is 0 Å². The monoisotopic (exact) mass is 262 g/mol. The highest BCUT2D eigenvalue weighted by molar-refractivity contribution is 5.69. The summed E-state index contributed by atoms with van der Waals surface area (Å²) in [6, 6.07) is 9.58. The number of aliphatic carboxylic acids is 1. The molecule has 1 aromatic carbocycles. The number of carboxylic acid groups (broad SMARTS) is 1. The Bertz CT molecular complexity index is 451. The van der Waals surface area contributed by atoms with Crippen molar-refractivity contribution >= 4 is 5.97 Å². The molecule has 0 amide bonds. The first-order valence-corrected chi connectivity index (χ1v) is 6.02. The van der Waals surface area contributed by atoms with E-state index in [4.69, 9.17) is 15.1 Å². The van der Waals surface area contributed by atoms with E-state index in [1.54, 1.807) is 14.0 Å². The van der Waals surface area contributed by atoms with Crippen molar-refractivity contribution in [3.05, 3.63) is 29.8 Å². The first-order valence-electron chi connectivity index (χ1n) is 6.02. The minimum Gasteiger partial charge on any atom is -0.497 e. The fourth-order valence-electron chi connectivity index (χ4n) is 1.74. The number of benzene rings is 1. The van der Waals surface area contributed by atoms with Crippen molar-refractivity contribution in [3.8, 4) is 11.8 Å². The van der Waals surface area contributed by atoms with Crippen LogP contribution in [0.5, 0.6) is 5.75 Å². The van der Waals surface area contributed by atoms with Gasteiger partial charge in [-0.2, -0.15) is 5.26 Å². The smallest absolute Gasteiger partial charge is 0.307 e. The molecule has 0 bridgehead atoms. The van der Waals surface area contributed by atoms with Gasteiger partial charge in [0.05, 0.1) is 25.6 Å². The van der Waals surface area contributed by atoms with Crippen molar-refractivity contribution in [2.24, 2.45) is 5.92 Å². The Balaban J connectivity index is 2.66. The minimum absolute atomic E-state index is 0.212. The quantitative estimate of drug-likeness (QED) is 0.758. The summed E-state index contributed by atoms with van der Waals surface area (Å²) < 4.78 is 5.07. The highest BCUT2D eigenvalue weighted by Crippen LogP contribution is 2.13. The zero-order valence-electron chi connectivity index (χ0n) is 11.2. The average molecular weight is 262 g/mol. The summed E-state index contributed by atoms with van der Waals surface area (Å²) in [5.74, 6) is -0.571. The van der Waals surface area contributed by atoms with Gasteiger partial charge in [0.25, 0.3) is 0 Å². The number of carbonyl (C=O) groups is 1. The number of nitrogens with zero attached hydrogens (tertiary/aromatic N) is 2. The van der Waals surface area contributed by atoms with Crippen LogP contribution >= 0.6 is 0 Å². The molecule has 0 aliphatic rings. The molecule has 1 atom stereocenters. The lowest BCUT2D eigenvalue weighted by molar-refractivity contribution is -0.141. The lowest BCUT2D eigenvalue weighted by Crippen LogP contribution is -2.31. The standard InChI is InChI=1S/C14H18N2O3/c1-11(14(17)18)9-16(8-7-15)10-12-3-5-13(19-2)6-4-12/h3-6,11H,8-10H2,1-2H3,(H,17,18). The fourth-order valence-corrected chi connectivity index (χ4v) is 1.74.